The minimum atomic E-state index is -3.49. The van der Waals surface area contributed by atoms with Crippen molar-refractivity contribution < 1.29 is 17.9 Å². The van der Waals surface area contributed by atoms with Gasteiger partial charge < -0.3 is 15.0 Å². The van der Waals surface area contributed by atoms with Gasteiger partial charge in [0.25, 0.3) is 0 Å². The molecule has 0 radical (unpaired) electrons. The molecule has 0 bridgehead atoms. The van der Waals surface area contributed by atoms with E-state index in [0.29, 0.717) is 32.0 Å². The first-order valence-electron chi connectivity index (χ1n) is 10.7. The number of carbonyl (C=O) groups excluding carboxylic acids is 1. The number of hydrogen-bond donors (Lipinski definition) is 1. The molecule has 0 aliphatic carbocycles. The van der Waals surface area contributed by atoms with Crippen molar-refractivity contribution in [2.24, 2.45) is 0 Å². The minimum Gasteiger partial charge on any atom is -0.378 e. The van der Waals surface area contributed by atoms with Gasteiger partial charge in [-0.1, -0.05) is 35.9 Å². The van der Waals surface area contributed by atoms with Gasteiger partial charge in [-0.05, 0) is 37.1 Å². The summed E-state index contributed by atoms with van der Waals surface area (Å²) in [6.07, 6.45) is 3.93. The molecule has 1 N–H and O–H groups in total. The quantitative estimate of drug-likeness (QED) is 0.582. The molecule has 2 fully saturated rings. The molecule has 0 saturated carbocycles. The lowest BCUT2D eigenvalue weighted by molar-refractivity contribution is -0.113. The van der Waals surface area contributed by atoms with E-state index in [-0.39, 0.29) is 16.6 Å². The fraction of sp³-hybridized carbons (Fsp3) is 0.550. The van der Waals surface area contributed by atoms with Crippen molar-refractivity contribution >= 4 is 49.8 Å². The van der Waals surface area contributed by atoms with E-state index >= 15 is 0 Å². The van der Waals surface area contributed by atoms with Crippen molar-refractivity contribution in [3.63, 3.8) is 0 Å². The van der Waals surface area contributed by atoms with Gasteiger partial charge in [0.15, 0.2) is 4.34 Å². The van der Waals surface area contributed by atoms with Gasteiger partial charge in [0.1, 0.15) is 0 Å². The zero-order chi connectivity index (χ0) is 22.4. The average Bonchev–Trinajstić information content (AvgIpc) is 3.11. The van der Waals surface area contributed by atoms with Gasteiger partial charge in [0, 0.05) is 31.9 Å². The zero-order valence-electron chi connectivity index (χ0n) is 17.7. The van der Waals surface area contributed by atoms with Gasteiger partial charge in [0.2, 0.25) is 21.1 Å². The molecule has 1 aromatic heterocycles. The van der Waals surface area contributed by atoms with Crippen LogP contribution in [0.2, 0.25) is 0 Å². The molecular formula is C20H27N5O4S3. The van der Waals surface area contributed by atoms with Crippen LogP contribution in [-0.2, 0) is 19.6 Å². The summed E-state index contributed by atoms with van der Waals surface area (Å²) in [5.74, 6) is 0.0206. The summed E-state index contributed by atoms with van der Waals surface area (Å²) in [6, 6.07) is 6.38. The molecule has 1 aromatic carbocycles. The number of carbonyl (C=O) groups is 1. The van der Waals surface area contributed by atoms with Gasteiger partial charge in [-0.2, -0.15) is 4.31 Å². The molecule has 2 saturated heterocycles. The number of anilines is 2. The summed E-state index contributed by atoms with van der Waals surface area (Å²) in [7, 11) is -3.49. The first kappa shape index (κ1) is 23.4. The fourth-order valence-electron chi connectivity index (χ4n) is 3.61. The van der Waals surface area contributed by atoms with Crippen LogP contribution in [0.4, 0.5) is 10.8 Å². The second-order valence-electron chi connectivity index (χ2n) is 7.63. The SMILES string of the molecule is O=C(CSc1nnc(N2CCOCC2)s1)Nc1ccc(S(=O)(=O)N2CCCCCC2)cc1. The minimum absolute atomic E-state index is 0.179. The molecule has 2 aliphatic rings. The lowest BCUT2D eigenvalue weighted by Crippen LogP contribution is -2.36. The third-order valence-electron chi connectivity index (χ3n) is 5.35. The monoisotopic (exact) mass is 497 g/mol. The van der Waals surface area contributed by atoms with Crippen molar-refractivity contribution in [3.8, 4) is 0 Å². The van der Waals surface area contributed by atoms with Crippen LogP contribution in [0, 0.1) is 0 Å². The third-order valence-corrected chi connectivity index (χ3v) is 9.38. The van der Waals surface area contributed by atoms with Crippen molar-refractivity contribution in [1.29, 1.82) is 0 Å². The third kappa shape index (κ3) is 5.98. The Morgan fingerprint density at radius 3 is 2.41 bits per heavy atom. The average molecular weight is 498 g/mol. The van der Waals surface area contributed by atoms with E-state index in [2.05, 4.69) is 20.4 Å². The number of aromatic nitrogens is 2. The Morgan fingerprint density at radius 2 is 1.72 bits per heavy atom. The molecule has 0 unspecified atom stereocenters. The number of nitrogens with one attached hydrogen (secondary N) is 1. The second-order valence-corrected chi connectivity index (χ2v) is 11.7. The Labute approximate surface area is 196 Å². The van der Waals surface area contributed by atoms with Crippen molar-refractivity contribution in [1.82, 2.24) is 14.5 Å². The molecule has 174 valence electrons. The predicted octanol–water partition coefficient (Wildman–Crippen LogP) is 2.67. The molecule has 3 heterocycles. The summed E-state index contributed by atoms with van der Waals surface area (Å²) in [4.78, 5) is 14.7. The number of morpholine rings is 1. The van der Waals surface area contributed by atoms with Gasteiger partial charge in [-0.25, -0.2) is 8.42 Å². The van der Waals surface area contributed by atoms with Gasteiger partial charge in [-0.15, -0.1) is 10.2 Å². The highest BCUT2D eigenvalue weighted by Gasteiger charge is 2.25. The molecule has 4 rings (SSSR count). The molecule has 12 heteroatoms. The van der Waals surface area contributed by atoms with Crippen molar-refractivity contribution in [2.75, 3.05) is 55.4 Å². The van der Waals surface area contributed by atoms with Crippen LogP contribution in [0.15, 0.2) is 33.5 Å². The van der Waals surface area contributed by atoms with E-state index in [1.54, 1.807) is 28.6 Å². The maximum Gasteiger partial charge on any atom is 0.243 e. The Hall–Kier alpha value is -1.73. The summed E-state index contributed by atoms with van der Waals surface area (Å²) in [5, 5.41) is 12.0. The summed E-state index contributed by atoms with van der Waals surface area (Å²) < 4.78 is 33.4. The summed E-state index contributed by atoms with van der Waals surface area (Å²) >= 11 is 2.80. The molecule has 0 spiro atoms. The number of rotatable bonds is 7. The fourth-order valence-corrected chi connectivity index (χ4v) is 6.82. The van der Waals surface area contributed by atoms with E-state index in [1.807, 2.05) is 0 Å². The highest BCUT2D eigenvalue weighted by Crippen LogP contribution is 2.28. The molecule has 32 heavy (non-hydrogen) atoms. The van der Waals surface area contributed by atoms with E-state index < -0.39 is 10.0 Å². The lowest BCUT2D eigenvalue weighted by atomic mass is 10.2. The number of thioether (sulfide) groups is 1. The van der Waals surface area contributed by atoms with E-state index in [4.69, 9.17) is 4.74 Å². The first-order chi connectivity index (χ1) is 15.5. The number of nitrogens with zero attached hydrogens (tertiary/aromatic N) is 4. The molecule has 2 aliphatic heterocycles. The van der Waals surface area contributed by atoms with Crippen LogP contribution < -0.4 is 10.2 Å². The van der Waals surface area contributed by atoms with Gasteiger partial charge >= 0.3 is 0 Å². The number of hydrogen-bond acceptors (Lipinski definition) is 9. The molecular weight excluding hydrogens is 470 g/mol. The largest absolute Gasteiger partial charge is 0.378 e. The highest BCUT2D eigenvalue weighted by atomic mass is 32.2. The van der Waals surface area contributed by atoms with Gasteiger partial charge in [0.05, 0.1) is 23.9 Å². The molecule has 0 atom stereocenters. The standard InChI is InChI=1S/C20H27N5O4S3/c26-18(15-30-20-23-22-19(31-20)24-11-13-29-14-12-24)21-16-5-7-17(8-6-16)32(27,28)25-9-3-1-2-4-10-25/h5-8H,1-4,9-15H2,(H,21,26). The topological polar surface area (TPSA) is 105 Å². The number of benzene rings is 1. The number of sulfonamides is 1. The van der Waals surface area contributed by atoms with Gasteiger partial charge in [-0.3, -0.25) is 4.79 Å². The highest BCUT2D eigenvalue weighted by molar-refractivity contribution is 8.01. The predicted molar refractivity (Wildman–Crippen MR) is 126 cm³/mol. The first-order valence-corrected chi connectivity index (χ1v) is 14.0. The van der Waals surface area contributed by atoms with Crippen LogP contribution >= 0.6 is 23.1 Å². The zero-order valence-corrected chi connectivity index (χ0v) is 20.2. The second kappa shape index (κ2) is 10.9. The maximum absolute atomic E-state index is 12.9. The van der Waals surface area contributed by atoms with Crippen molar-refractivity contribution in [2.45, 2.75) is 34.9 Å². The molecule has 2 aromatic rings. The summed E-state index contributed by atoms with van der Waals surface area (Å²) in [5.41, 5.74) is 0.566. The van der Waals surface area contributed by atoms with Crippen LogP contribution in [0.3, 0.4) is 0 Å². The Morgan fingerprint density at radius 1 is 1.03 bits per heavy atom. The van der Waals surface area contributed by atoms with Crippen LogP contribution in [-0.4, -0.2) is 74.0 Å². The number of ether oxygens (including phenoxy) is 1. The van der Waals surface area contributed by atoms with E-state index in [9.17, 15) is 13.2 Å². The lowest BCUT2D eigenvalue weighted by Gasteiger charge is -2.25. The van der Waals surface area contributed by atoms with E-state index in [0.717, 1.165) is 48.2 Å². The van der Waals surface area contributed by atoms with Crippen molar-refractivity contribution in [3.05, 3.63) is 24.3 Å². The van der Waals surface area contributed by atoms with Crippen LogP contribution in [0.25, 0.3) is 0 Å². The Kier molecular flexibility index (Phi) is 8.00. The maximum atomic E-state index is 12.9. The smallest absolute Gasteiger partial charge is 0.243 e. The normalized spacial score (nSPS) is 18.3. The Balaban J connectivity index is 1.29. The summed E-state index contributed by atoms with van der Waals surface area (Å²) in [6.45, 7) is 4.09. The Bertz CT molecular complexity index is 998. The van der Waals surface area contributed by atoms with Crippen LogP contribution in [0.5, 0.6) is 0 Å². The van der Waals surface area contributed by atoms with E-state index in [1.165, 1.54) is 23.1 Å². The number of amides is 1. The molecule has 9 nitrogen and oxygen atoms in total. The van der Waals surface area contributed by atoms with Crippen LogP contribution in [0.1, 0.15) is 25.7 Å². The molecule has 1 amide bonds.